The quantitative estimate of drug-likeness (QED) is 0.882. The van der Waals surface area contributed by atoms with Crippen LogP contribution >= 0.6 is 15.9 Å². The molecule has 4 nitrogen and oxygen atoms in total. The number of aromatic nitrogens is 1. The summed E-state index contributed by atoms with van der Waals surface area (Å²) < 4.78 is 5.87. The molecule has 0 aliphatic rings. The van der Waals surface area contributed by atoms with Crippen LogP contribution in [-0.4, -0.2) is 18.0 Å². The smallest absolute Gasteiger partial charge is 0.256 e. The summed E-state index contributed by atoms with van der Waals surface area (Å²) in [6.07, 6.45) is 0. The Morgan fingerprint density at radius 1 is 1.32 bits per heavy atom. The Hall–Kier alpha value is -1.88. The number of pyridine rings is 1. The SMILES string of the molecule is COc1cc(C(=O)Nc2cccc(Br)n2)ccc1C. The summed E-state index contributed by atoms with van der Waals surface area (Å²) in [6.45, 7) is 1.93. The summed E-state index contributed by atoms with van der Waals surface area (Å²) in [5, 5.41) is 2.73. The molecule has 2 aromatic rings. The lowest BCUT2D eigenvalue weighted by atomic mass is 10.1. The van der Waals surface area contributed by atoms with Gasteiger partial charge in [0, 0.05) is 5.56 Å². The predicted octanol–water partition coefficient (Wildman–Crippen LogP) is 3.41. The van der Waals surface area contributed by atoms with Crippen molar-refractivity contribution < 1.29 is 9.53 Å². The highest BCUT2D eigenvalue weighted by atomic mass is 79.9. The Bertz CT molecular complexity index is 614. The second-order valence-corrected chi connectivity index (χ2v) is 4.80. The van der Waals surface area contributed by atoms with Crippen molar-refractivity contribution >= 4 is 27.7 Å². The first kappa shape index (κ1) is 13.5. The lowest BCUT2D eigenvalue weighted by Crippen LogP contribution is -2.13. The van der Waals surface area contributed by atoms with E-state index in [1.165, 1.54) is 0 Å². The zero-order valence-corrected chi connectivity index (χ0v) is 12.2. The largest absolute Gasteiger partial charge is 0.496 e. The summed E-state index contributed by atoms with van der Waals surface area (Å²) in [5.74, 6) is 0.970. The fraction of sp³-hybridized carbons (Fsp3) is 0.143. The van der Waals surface area contributed by atoms with Crippen molar-refractivity contribution in [3.63, 3.8) is 0 Å². The average Bonchev–Trinajstić information content (AvgIpc) is 2.39. The van der Waals surface area contributed by atoms with Crippen molar-refractivity contribution in [2.24, 2.45) is 0 Å². The zero-order chi connectivity index (χ0) is 13.8. The van der Waals surface area contributed by atoms with Gasteiger partial charge in [-0.2, -0.15) is 0 Å². The standard InChI is InChI=1S/C14H13BrN2O2/c1-9-6-7-10(8-11(9)19-2)14(18)17-13-5-3-4-12(15)16-13/h3-8H,1-2H3,(H,16,17,18). The first-order valence-corrected chi connectivity index (χ1v) is 6.48. The molecule has 2 rings (SSSR count). The second kappa shape index (κ2) is 5.84. The molecule has 1 amide bonds. The molecule has 19 heavy (non-hydrogen) atoms. The fourth-order valence-electron chi connectivity index (χ4n) is 1.63. The minimum atomic E-state index is -0.219. The molecule has 0 aliphatic carbocycles. The van der Waals surface area contributed by atoms with Crippen LogP contribution in [0.15, 0.2) is 41.0 Å². The van der Waals surface area contributed by atoms with Gasteiger partial charge in [0.2, 0.25) is 0 Å². The number of benzene rings is 1. The molecular formula is C14H13BrN2O2. The van der Waals surface area contributed by atoms with Crippen molar-refractivity contribution in [3.8, 4) is 5.75 Å². The van der Waals surface area contributed by atoms with Crippen LogP contribution in [0.4, 0.5) is 5.82 Å². The van der Waals surface area contributed by atoms with Gasteiger partial charge in [0.25, 0.3) is 5.91 Å². The van der Waals surface area contributed by atoms with Gasteiger partial charge in [-0.15, -0.1) is 0 Å². The number of amides is 1. The number of anilines is 1. The Balaban J connectivity index is 2.20. The Morgan fingerprint density at radius 2 is 2.11 bits per heavy atom. The van der Waals surface area contributed by atoms with Crippen molar-refractivity contribution in [2.75, 3.05) is 12.4 Å². The summed E-state index contributed by atoms with van der Waals surface area (Å²) >= 11 is 3.26. The van der Waals surface area contributed by atoms with Crippen molar-refractivity contribution in [1.82, 2.24) is 4.98 Å². The van der Waals surface area contributed by atoms with E-state index >= 15 is 0 Å². The van der Waals surface area contributed by atoms with E-state index in [2.05, 4.69) is 26.2 Å². The second-order valence-electron chi connectivity index (χ2n) is 3.98. The number of ether oxygens (including phenoxy) is 1. The van der Waals surface area contributed by atoms with E-state index < -0.39 is 0 Å². The van der Waals surface area contributed by atoms with Crippen LogP contribution in [0.5, 0.6) is 5.75 Å². The highest BCUT2D eigenvalue weighted by molar-refractivity contribution is 9.10. The van der Waals surface area contributed by atoms with E-state index in [1.54, 1.807) is 31.4 Å². The van der Waals surface area contributed by atoms with Gasteiger partial charge in [0.15, 0.2) is 0 Å². The molecule has 0 fully saturated rings. The summed E-state index contributed by atoms with van der Waals surface area (Å²) in [5.41, 5.74) is 1.52. The molecule has 0 bridgehead atoms. The van der Waals surface area contributed by atoms with Gasteiger partial charge in [0.05, 0.1) is 7.11 Å². The van der Waals surface area contributed by atoms with E-state index in [0.29, 0.717) is 21.7 Å². The molecule has 0 saturated carbocycles. The molecule has 0 radical (unpaired) electrons. The van der Waals surface area contributed by atoms with Gasteiger partial charge in [-0.05, 0) is 52.7 Å². The zero-order valence-electron chi connectivity index (χ0n) is 10.6. The van der Waals surface area contributed by atoms with Crippen LogP contribution in [-0.2, 0) is 0 Å². The number of rotatable bonds is 3. The van der Waals surface area contributed by atoms with Gasteiger partial charge in [0.1, 0.15) is 16.2 Å². The maximum atomic E-state index is 12.1. The van der Waals surface area contributed by atoms with Gasteiger partial charge < -0.3 is 10.1 Å². The molecular weight excluding hydrogens is 308 g/mol. The van der Waals surface area contributed by atoms with Crippen molar-refractivity contribution in [3.05, 3.63) is 52.1 Å². The Kier molecular flexibility index (Phi) is 4.16. The van der Waals surface area contributed by atoms with E-state index in [0.717, 1.165) is 5.56 Å². The van der Waals surface area contributed by atoms with E-state index in [9.17, 15) is 4.79 Å². The summed E-state index contributed by atoms with van der Waals surface area (Å²) in [7, 11) is 1.58. The predicted molar refractivity (Wildman–Crippen MR) is 77.6 cm³/mol. The number of hydrogen-bond acceptors (Lipinski definition) is 3. The third-order valence-corrected chi connectivity index (χ3v) is 3.07. The van der Waals surface area contributed by atoms with Crippen LogP contribution < -0.4 is 10.1 Å². The number of carbonyl (C=O) groups excluding carboxylic acids is 1. The van der Waals surface area contributed by atoms with Gasteiger partial charge in [-0.1, -0.05) is 12.1 Å². The Labute approximate surface area is 119 Å². The molecule has 1 heterocycles. The van der Waals surface area contributed by atoms with Crippen LogP contribution in [0.2, 0.25) is 0 Å². The molecule has 1 aromatic heterocycles. The minimum Gasteiger partial charge on any atom is -0.496 e. The molecule has 0 aliphatic heterocycles. The molecule has 0 saturated heterocycles. The minimum absolute atomic E-state index is 0.219. The molecule has 0 spiro atoms. The number of carbonyl (C=O) groups is 1. The summed E-state index contributed by atoms with van der Waals surface area (Å²) in [6, 6.07) is 10.6. The van der Waals surface area contributed by atoms with Crippen LogP contribution in [0, 0.1) is 6.92 Å². The highest BCUT2D eigenvalue weighted by Gasteiger charge is 2.09. The third-order valence-electron chi connectivity index (χ3n) is 2.63. The van der Waals surface area contributed by atoms with E-state index in [1.807, 2.05) is 19.1 Å². The first-order chi connectivity index (χ1) is 9.10. The van der Waals surface area contributed by atoms with Crippen LogP contribution in [0.25, 0.3) is 0 Å². The molecule has 1 aromatic carbocycles. The maximum Gasteiger partial charge on any atom is 0.256 e. The fourth-order valence-corrected chi connectivity index (χ4v) is 1.97. The number of nitrogens with zero attached hydrogens (tertiary/aromatic N) is 1. The van der Waals surface area contributed by atoms with Gasteiger partial charge in [-0.3, -0.25) is 4.79 Å². The van der Waals surface area contributed by atoms with Crippen molar-refractivity contribution in [2.45, 2.75) is 6.92 Å². The normalized spacial score (nSPS) is 10.1. The maximum absolute atomic E-state index is 12.1. The number of halogens is 1. The highest BCUT2D eigenvalue weighted by Crippen LogP contribution is 2.20. The number of aryl methyl sites for hydroxylation is 1. The van der Waals surface area contributed by atoms with Gasteiger partial charge in [-0.25, -0.2) is 4.98 Å². The first-order valence-electron chi connectivity index (χ1n) is 5.68. The van der Waals surface area contributed by atoms with Crippen molar-refractivity contribution in [1.29, 1.82) is 0 Å². The topological polar surface area (TPSA) is 51.2 Å². The molecule has 1 N–H and O–H groups in total. The molecule has 0 atom stereocenters. The van der Waals surface area contributed by atoms with Gasteiger partial charge >= 0.3 is 0 Å². The summed E-state index contributed by atoms with van der Waals surface area (Å²) in [4.78, 5) is 16.2. The molecule has 98 valence electrons. The third kappa shape index (κ3) is 3.32. The van der Waals surface area contributed by atoms with Crippen LogP contribution in [0.3, 0.4) is 0 Å². The lowest BCUT2D eigenvalue weighted by Gasteiger charge is -2.08. The average molecular weight is 321 g/mol. The van der Waals surface area contributed by atoms with Crippen LogP contribution in [0.1, 0.15) is 15.9 Å². The molecule has 0 unspecified atom stereocenters. The molecule has 5 heteroatoms. The number of nitrogens with one attached hydrogen (secondary N) is 1. The van der Waals surface area contributed by atoms with E-state index in [4.69, 9.17) is 4.74 Å². The number of methoxy groups -OCH3 is 1. The lowest BCUT2D eigenvalue weighted by molar-refractivity contribution is 0.102. The van der Waals surface area contributed by atoms with E-state index in [-0.39, 0.29) is 5.91 Å². The number of hydrogen-bond donors (Lipinski definition) is 1. The Morgan fingerprint density at radius 3 is 2.79 bits per heavy atom. The monoisotopic (exact) mass is 320 g/mol.